The number of carbonyl (C=O) groups excluding carboxylic acids is 3. The molecule has 2 amide bonds. The van der Waals surface area contributed by atoms with Crippen molar-refractivity contribution in [3.05, 3.63) is 82.6 Å². The molecule has 0 unspecified atom stereocenters. The average molecular weight is 538 g/mol. The molecule has 1 aliphatic carbocycles. The van der Waals surface area contributed by atoms with Gasteiger partial charge in [0.2, 0.25) is 5.54 Å². The molecular formula is C27H24F6N2O3. The molecule has 5 nitrogen and oxygen atoms in total. The molecule has 4 rings (SSSR count). The Balaban J connectivity index is 1.89. The van der Waals surface area contributed by atoms with E-state index in [4.69, 9.17) is 0 Å². The van der Waals surface area contributed by atoms with Crippen molar-refractivity contribution in [3.63, 3.8) is 0 Å². The topological polar surface area (TPSA) is 66.5 Å². The van der Waals surface area contributed by atoms with Gasteiger partial charge >= 0.3 is 12.4 Å². The van der Waals surface area contributed by atoms with Crippen LogP contribution in [0.15, 0.2) is 65.9 Å². The van der Waals surface area contributed by atoms with Gasteiger partial charge in [-0.05, 0) is 42.5 Å². The molecule has 38 heavy (non-hydrogen) atoms. The standard InChI is InChI=1S/C27H24F6N2O3/c1-15(16-8-5-4-6-9-16)35-19-13-24(2,3)14-20(36)21(19)25(23(35)38,27(31,32)33)34-22(37)17-10-7-11-18(12-17)26(28,29)30/h4-12,15H,13-14H2,1-3H3,(H,34,37)/t15-,25+/m0/s1. The predicted molar refractivity (Wildman–Crippen MR) is 124 cm³/mol. The number of hydrogen-bond donors (Lipinski definition) is 1. The lowest BCUT2D eigenvalue weighted by atomic mass is 9.72. The Hall–Kier alpha value is -3.63. The van der Waals surface area contributed by atoms with Crippen LogP contribution in [0.3, 0.4) is 0 Å². The van der Waals surface area contributed by atoms with Crippen molar-refractivity contribution in [3.8, 4) is 0 Å². The molecule has 0 bridgehead atoms. The van der Waals surface area contributed by atoms with E-state index in [1.165, 1.54) is 6.92 Å². The van der Waals surface area contributed by atoms with Gasteiger partial charge in [-0.25, -0.2) is 0 Å². The normalized spacial score (nSPS) is 22.4. The predicted octanol–water partition coefficient (Wildman–Crippen LogP) is 5.98. The van der Waals surface area contributed by atoms with Gasteiger partial charge < -0.3 is 10.2 Å². The largest absolute Gasteiger partial charge is 0.425 e. The number of alkyl halides is 6. The van der Waals surface area contributed by atoms with Crippen LogP contribution in [0.25, 0.3) is 0 Å². The van der Waals surface area contributed by atoms with Crippen molar-refractivity contribution in [2.75, 3.05) is 0 Å². The van der Waals surface area contributed by atoms with Gasteiger partial charge in [-0.15, -0.1) is 0 Å². The molecule has 1 N–H and O–H groups in total. The fourth-order valence-electron chi connectivity index (χ4n) is 5.15. The third-order valence-electron chi connectivity index (χ3n) is 6.91. The maximum atomic E-state index is 15.0. The van der Waals surface area contributed by atoms with Crippen molar-refractivity contribution in [1.29, 1.82) is 0 Å². The molecular weight excluding hydrogens is 514 g/mol. The number of rotatable bonds is 4. The van der Waals surface area contributed by atoms with E-state index >= 15 is 0 Å². The van der Waals surface area contributed by atoms with Crippen LogP contribution in [0.4, 0.5) is 26.3 Å². The number of Topliss-reactive ketones (excluding diaryl/α,β-unsaturated/α-hetero) is 1. The molecule has 2 atom stereocenters. The molecule has 2 aromatic rings. The maximum absolute atomic E-state index is 15.0. The second-order valence-corrected chi connectivity index (χ2v) is 10.3. The molecule has 1 aliphatic heterocycles. The van der Waals surface area contributed by atoms with Gasteiger partial charge in [0.05, 0.1) is 17.2 Å². The quantitative estimate of drug-likeness (QED) is 0.487. The lowest BCUT2D eigenvalue weighted by molar-refractivity contribution is -0.191. The smallest absolute Gasteiger partial charge is 0.326 e. The number of benzene rings is 2. The minimum atomic E-state index is -5.48. The molecule has 2 aliphatic rings. The molecule has 0 fully saturated rings. The summed E-state index contributed by atoms with van der Waals surface area (Å²) in [5, 5.41) is 1.67. The highest BCUT2D eigenvalue weighted by Gasteiger charge is 2.72. The number of carbonyl (C=O) groups is 3. The first kappa shape index (κ1) is 27.4. The molecule has 0 radical (unpaired) electrons. The summed E-state index contributed by atoms with van der Waals surface area (Å²) in [6, 6.07) is 10.1. The monoisotopic (exact) mass is 538 g/mol. The number of ketones is 1. The fraction of sp³-hybridized carbons (Fsp3) is 0.370. The zero-order valence-corrected chi connectivity index (χ0v) is 20.6. The van der Waals surface area contributed by atoms with E-state index in [2.05, 4.69) is 0 Å². The summed E-state index contributed by atoms with van der Waals surface area (Å²) in [5.74, 6) is -4.12. The van der Waals surface area contributed by atoms with Crippen molar-refractivity contribution in [2.24, 2.45) is 5.41 Å². The minimum absolute atomic E-state index is 0.0613. The number of hydrogen-bond acceptors (Lipinski definition) is 3. The summed E-state index contributed by atoms with van der Waals surface area (Å²) >= 11 is 0. The van der Waals surface area contributed by atoms with Gasteiger partial charge in [-0.3, -0.25) is 14.4 Å². The van der Waals surface area contributed by atoms with Gasteiger partial charge in [0.15, 0.2) is 5.78 Å². The molecule has 0 spiro atoms. The van der Waals surface area contributed by atoms with Gasteiger partial charge in [0, 0.05) is 17.7 Å². The van der Waals surface area contributed by atoms with E-state index in [-0.39, 0.29) is 18.5 Å². The Kier molecular flexibility index (Phi) is 6.48. The fourth-order valence-corrected chi connectivity index (χ4v) is 5.15. The average Bonchev–Trinajstić information content (AvgIpc) is 3.06. The Morgan fingerprint density at radius 3 is 2.16 bits per heavy atom. The SMILES string of the molecule is C[C@@H](c1ccccc1)N1C(=O)[C@@](NC(=O)c2cccc(C(F)(F)F)c2)(C(F)(F)F)C2=C1CC(C)(C)CC2=O. The Bertz CT molecular complexity index is 1330. The summed E-state index contributed by atoms with van der Waals surface area (Å²) in [7, 11) is 0. The summed E-state index contributed by atoms with van der Waals surface area (Å²) in [4.78, 5) is 41.0. The number of amides is 2. The molecule has 1 heterocycles. The minimum Gasteiger partial charge on any atom is -0.326 e. The molecule has 202 valence electrons. The zero-order chi connectivity index (χ0) is 28.3. The molecule has 0 saturated heterocycles. The number of halogens is 6. The molecule has 2 aromatic carbocycles. The maximum Gasteiger partial charge on any atom is 0.425 e. The van der Waals surface area contributed by atoms with Crippen LogP contribution in [0, 0.1) is 5.41 Å². The van der Waals surface area contributed by atoms with Gasteiger partial charge in [0.25, 0.3) is 11.8 Å². The van der Waals surface area contributed by atoms with E-state index in [9.17, 15) is 40.7 Å². The van der Waals surface area contributed by atoms with Crippen LogP contribution < -0.4 is 5.32 Å². The number of allylic oxidation sites excluding steroid dienone is 1. The molecule has 11 heteroatoms. The first-order valence-electron chi connectivity index (χ1n) is 11.7. The first-order valence-corrected chi connectivity index (χ1v) is 11.7. The van der Waals surface area contributed by atoms with E-state index in [0.29, 0.717) is 17.7 Å². The van der Waals surface area contributed by atoms with Crippen LogP contribution >= 0.6 is 0 Å². The summed E-state index contributed by atoms with van der Waals surface area (Å²) in [5.41, 5.74) is -7.09. The third kappa shape index (κ3) is 4.48. The summed E-state index contributed by atoms with van der Waals surface area (Å²) in [6.45, 7) is 4.86. The van der Waals surface area contributed by atoms with E-state index in [1.807, 2.05) is 0 Å². The van der Waals surface area contributed by atoms with Crippen LogP contribution in [0.2, 0.25) is 0 Å². The van der Waals surface area contributed by atoms with E-state index in [1.54, 1.807) is 49.5 Å². The Morgan fingerprint density at radius 1 is 0.947 bits per heavy atom. The van der Waals surface area contributed by atoms with Crippen LogP contribution in [-0.4, -0.2) is 34.2 Å². The highest BCUT2D eigenvalue weighted by atomic mass is 19.4. The summed E-state index contributed by atoms with van der Waals surface area (Å²) < 4.78 is 84.4. The Labute approximate surface area is 214 Å². The second-order valence-electron chi connectivity index (χ2n) is 10.3. The van der Waals surface area contributed by atoms with Crippen LogP contribution in [0.5, 0.6) is 0 Å². The van der Waals surface area contributed by atoms with Crippen molar-refractivity contribution in [2.45, 2.75) is 57.5 Å². The van der Waals surface area contributed by atoms with Crippen molar-refractivity contribution in [1.82, 2.24) is 10.2 Å². The molecule has 0 aromatic heterocycles. The first-order chi connectivity index (χ1) is 17.5. The van der Waals surface area contributed by atoms with Crippen molar-refractivity contribution >= 4 is 17.6 Å². The van der Waals surface area contributed by atoms with Crippen LogP contribution in [-0.2, 0) is 15.8 Å². The summed E-state index contributed by atoms with van der Waals surface area (Å²) in [6.07, 6.45) is -10.7. The Morgan fingerprint density at radius 2 is 1.58 bits per heavy atom. The lowest BCUT2D eigenvalue weighted by Gasteiger charge is -2.35. The van der Waals surface area contributed by atoms with E-state index in [0.717, 1.165) is 17.0 Å². The number of nitrogens with one attached hydrogen (secondary N) is 1. The third-order valence-corrected chi connectivity index (χ3v) is 6.91. The zero-order valence-electron chi connectivity index (χ0n) is 20.6. The molecule has 0 saturated carbocycles. The van der Waals surface area contributed by atoms with Crippen LogP contribution in [0.1, 0.15) is 61.1 Å². The lowest BCUT2D eigenvalue weighted by Crippen LogP contribution is -2.66. The number of nitrogens with zero attached hydrogens (tertiary/aromatic N) is 1. The highest BCUT2D eigenvalue weighted by molar-refractivity contribution is 6.14. The highest BCUT2D eigenvalue weighted by Crippen LogP contribution is 2.53. The van der Waals surface area contributed by atoms with Gasteiger partial charge in [-0.2, -0.15) is 26.3 Å². The van der Waals surface area contributed by atoms with Gasteiger partial charge in [0.1, 0.15) is 0 Å². The second kappa shape index (κ2) is 8.99. The van der Waals surface area contributed by atoms with Gasteiger partial charge in [-0.1, -0.05) is 50.2 Å². The van der Waals surface area contributed by atoms with E-state index < -0.39 is 63.6 Å². The van der Waals surface area contributed by atoms with Crippen molar-refractivity contribution < 1.29 is 40.7 Å².